The lowest BCUT2D eigenvalue weighted by atomic mass is 10.1. The highest BCUT2D eigenvalue weighted by molar-refractivity contribution is 5.89. The molecule has 3 rings (SSSR count). The Labute approximate surface area is 162 Å². The van der Waals surface area contributed by atoms with Gasteiger partial charge in [0.1, 0.15) is 5.56 Å². The number of hydrogen-bond donors (Lipinski definition) is 5. The number of carbonyl (C=O) groups excluding carboxylic acids is 1. The molecule has 0 bridgehead atoms. The van der Waals surface area contributed by atoms with Gasteiger partial charge in [0.2, 0.25) is 11.6 Å². The maximum Gasteiger partial charge on any atom is 0.246 e. The van der Waals surface area contributed by atoms with Crippen molar-refractivity contribution in [1.29, 1.82) is 0 Å². The summed E-state index contributed by atoms with van der Waals surface area (Å²) in [5, 5.41) is 34.6. The number of carbonyl (C=O) groups is 1. The van der Waals surface area contributed by atoms with Crippen LogP contribution in [-0.4, -0.2) is 63.6 Å². The first kappa shape index (κ1) is 22.2. The van der Waals surface area contributed by atoms with Crippen molar-refractivity contribution in [2.75, 3.05) is 19.8 Å². The summed E-state index contributed by atoms with van der Waals surface area (Å²) < 4.78 is 22.7. The molecule has 0 aromatic heterocycles. The number of ether oxygens (including phenoxy) is 4. The second kappa shape index (κ2) is 7.72. The molecule has 0 atom stereocenters. The van der Waals surface area contributed by atoms with Gasteiger partial charge >= 0.3 is 0 Å². The van der Waals surface area contributed by atoms with Crippen LogP contribution in [-0.2, 0) is 6.61 Å². The molecular formula is C18H27NO9. The van der Waals surface area contributed by atoms with Gasteiger partial charge in [0.25, 0.3) is 0 Å². The number of rotatable bonds is 5. The van der Waals surface area contributed by atoms with E-state index in [0.29, 0.717) is 23.3 Å². The number of hydrogen-bond acceptors (Lipinski definition) is 10. The first-order valence-electron chi connectivity index (χ1n) is 8.63. The summed E-state index contributed by atoms with van der Waals surface area (Å²) in [7, 11) is 0. The Hall–Kier alpha value is -2.11. The maximum atomic E-state index is 11.4. The van der Waals surface area contributed by atoms with E-state index in [9.17, 15) is 9.90 Å². The monoisotopic (exact) mass is 401 g/mol. The Balaban J connectivity index is 0.000000300. The molecule has 28 heavy (non-hydrogen) atoms. The van der Waals surface area contributed by atoms with Crippen LogP contribution in [0.2, 0.25) is 0 Å². The number of nitrogens with two attached hydrogens (primary N) is 1. The van der Waals surface area contributed by atoms with Gasteiger partial charge in [0.15, 0.2) is 29.3 Å². The van der Waals surface area contributed by atoms with Crippen LogP contribution in [0.5, 0.6) is 23.0 Å². The van der Waals surface area contributed by atoms with Crippen LogP contribution < -0.4 is 24.7 Å². The van der Waals surface area contributed by atoms with Gasteiger partial charge in [-0.25, -0.2) is 0 Å². The molecule has 1 aromatic carbocycles. The molecule has 10 heteroatoms. The molecule has 6 N–H and O–H groups in total. The first-order valence-corrected chi connectivity index (χ1v) is 8.63. The molecule has 10 nitrogen and oxygen atoms in total. The van der Waals surface area contributed by atoms with E-state index in [1.54, 1.807) is 27.7 Å². The van der Waals surface area contributed by atoms with E-state index in [-0.39, 0.29) is 23.7 Å². The highest BCUT2D eigenvalue weighted by atomic mass is 16.7. The zero-order valence-electron chi connectivity index (χ0n) is 16.3. The summed E-state index contributed by atoms with van der Waals surface area (Å²) >= 11 is 0. The topological polar surface area (TPSA) is 161 Å². The zero-order valence-corrected chi connectivity index (χ0v) is 16.3. The second-order valence-electron chi connectivity index (χ2n) is 7.53. The van der Waals surface area contributed by atoms with Crippen molar-refractivity contribution in [3.8, 4) is 23.0 Å². The number of benzene rings is 1. The molecule has 0 fully saturated rings. The second-order valence-corrected chi connectivity index (χ2v) is 7.53. The average Bonchev–Trinajstić information content (AvgIpc) is 3.13. The molecule has 0 saturated heterocycles. The van der Waals surface area contributed by atoms with E-state index in [1.165, 1.54) is 0 Å². The van der Waals surface area contributed by atoms with Gasteiger partial charge in [-0.1, -0.05) is 0 Å². The summed E-state index contributed by atoms with van der Waals surface area (Å²) in [5.41, 5.74) is 4.60. The zero-order chi connectivity index (χ0) is 21.3. The predicted octanol–water partition coefficient (Wildman–Crippen LogP) is -0.333. The Bertz CT molecular complexity index is 688. The van der Waals surface area contributed by atoms with Crippen molar-refractivity contribution in [2.24, 2.45) is 5.73 Å². The van der Waals surface area contributed by atoms with Crippen LogP contribution >= 0.6 is 0 Å². The molecular weight excluding hydrogens is 374 g/mol. The van der Waals surface area contributed by atoms with E-state index in [0.717, 1.165) is 0 Å². The highest BCUT2D eigenvalue weighted by Gasteiger charge is 2.44. The van der Waals surface area contributed by atoms with Gasteiger partial charge < -0.3 is 45.1 Å². The van der Waals surface area contributed by atoms with Gasteiger partial charge in [-0.15, -0.1) is 0 Å². The van der Waals surface area contributed by atoms with E-state index < -0.39 is 36.9 Å². The summed E-state index contributed by atoms with van der Waals surface area (Å²) in [4.78, 5) is 11.4. The summed E-state index contributed by atoms with van der Waals surface area (Å²) in [6, 6.07) is 0. The molecule has 0 amide bonds. The van der Waals surface area contributed by atoms with Crippen molar-refractivity contribution >= 4 is 6.29 Å². The quantitative estimate of drug-likeness (QED) is 0.413. The lowest BCUT2D eigenvalue weighted by Gasteiger charge is -2.20. The van der Waals surface area contributed by atoms with Crippen molar-refractivity contribution in [2.45, 2.75) is 51.4 Å². The van der Waals surface area contributed by atoms with E-state index in [2.05, 4.69) is 0 Å². The molecule has 0 unspecified atom stereocenters. The van der Waals surface area contributed by atoms with Gasteiger partial charge in [-0.3, -0.25) is 4.79 Å². The fourth-order valence-corrected chi connectivity index (χ4v) is 2.57. The number of fused-ring (bicyclic) bond motifs is 2. The Kier molecular flexibility index (Phi) is 6.12. The Morgan fingerprint density at radius 2 is 1.18 bits per heavy atom. The van der Waals surface area contributed by atoms with Crippen LogP contribution in [0.15, 0.2) is 0 Å². The number of aldehydes is 1. The normalized spacial score (nSPS) is 17.8. The molecule has 0 saturated carbocycles. The van der Waals surface area contributed by atoms with E-state index in [1.807, 2.05) is 0 Å². The smallest absolute Gasteiger partial charge is 0.246 e. The lowest BCUT2D eigenvalue weighted by molar-refractivity contribution is -0.0495. The molecule has 0 aliphatic carbocycles. The minimum atomic E-state index is -1.21. The predicted molar refractivity (Wildman–Crippen MR) is 96.6 cm³/mol. The van der Waals surface area contributed by atoms with Gasteiger partial charge in [-0.2, -0.15) is 0 Å². The number of aliphatic hydroxyl groups excluding tert-OH is 4. The van der Waals surface area contributed by atoms with Crippen LogP contribution in [0.4, 0.5) is 0 Å². The highest BCUT2D eigenvalue weighted by Crippen LogP contribution is 2.56. The fourth-order valence-electron chi connectivity index (χ4n) is 2.57. The van der Waals surface area contributed by atoms with Crippen molar-refractivity contribution in [3.63, 3.8) is 0 Å². The molecule has 2 aliphatic heterocycles. The van der Waals surface area contributed by atoms with Gasteiger partial charge in [0, 0.05) is 27.7 Å². The van der Waals surface area contributed by atoms with Crippen molar-refractivity contribution in [3.05, 3.63) is 11.1 Å². The van der Waals surface area contributed by atoms with E-state index >= 15 is 0 Å². The van der Waals surface area contributed by atoms with Crippen molar-refractivity contribution < 1.29 is 44.2 Å². The minimum Gasteiger partial charge on any atom is -0.448 e. The maximum absolute atomic E-state index is 11.4. The first-order chi connectivity index (χ1) is 13.0. The number of aliphatic hydroxyl groups is 4. The van der Waals surface area contributed by atoms with Crippen LogP contribution in [0.25, 0.3) is 0 Å². The average molecular weight is 401 g/mol. The standard InChI is InChI=1S/C14H16O6.C4H11NO3/c1-13(2)17-9-7(5-15)11-12(20-14(3,4)19-11)8(6-16)10(9)18-13;5-4(1-6,2-7)3-8/h5,16H,6H2,1-4H3;6-8H,1-3,5H2. The molecule has 0 radical (unpaired) electrons. The third kappa shape index (κ3) is 4.15. The third-order valence-electron chi connectivity index (χ3n) is 4.06. The van der Waals surface area contributed by atoms with Crippen LogP contribution in [0, 0.1) is 0 Å². The summed E-state index contributed by atoms with van der Waals surface area (Å²) in [6.07, 6.45) is 0.647. The molecule has 2 aliphatic rings. The minimum absolute atomic E-state index is 0.239. The van der Waals surface area contributed by atoms with Gasteiger partial charge in [0.05, 0.1) is 37.5 Å². The molecule has 0 spiro atoms. The molecule has 2 heterocycles. The fraction of sp³-hybridized carbons (Fsp3) is 0.611. The van der Waals surface area contributed by atoms with Crippen molar-refractivity contribution in [1.82, 2.24) is 0 Å². The third-order valence-corrected chi connectivity index (χ3v) is 4.06. The molecule has 1 aromatic rings. The van der Waals surface area contributed by atoms with Crippen LogP contribution in [0.1, 0.15) is 43.6 Å². The summed E-state index contributed by atoms with van der Waals surface area (Å²) in [5.74, 6) is -0.578. The summed E-state index contributed by atoms with van der Waals surface area (Å²) in [6.45, 7) is 5.38. The Morgan fingerprint density at radius 3 is 1.43 bits per heavy atom. The van der Waals surface area contributed by atoms with Gasteiger partial charge in [-0.05, 0) is 0 Å². The van der Waals surface area contributed by atoms with E-state index in [4.69, 9.17) is 40.0 Å². The van der Waals surface area contributed by atoms with Crippen LogP contribution in [0.3, 0.4) is 0 Å². The molecule has 158 valence electrons. The SMILES string of the molecule is CC1(C)Oc2c(C=O)c3c(c(CO)c2O1)OC(C)(C)O3.NC(CO)(CO)CO. The lowest BCUT2D eigenvalue weighted by Crippen LogP contribution is -2.50. The Morgan fingerprint density at radius 1 is 0.821 bits per heavy atom. The largest absolute Gasteiger partial charge is 0.448 e.